The Labute approximate surface area is 156 Å². The minimum atomic E-state index is -3.25. The fraction of sp³-hybridized carbons (Fsp3) is 0.611. The fourth-order valence-corrected chi connectivity index (χ4v) is 5.48. The number of nitrogens with one attached hydrogen (secondary N) is 2. The molecule has 1 atom stereocenters. The monoisotopic (exact) mass is 386 g/mol. The van der Waals surface area contributed by atoms with Crippen molar-refractivity contribution in [1.29, 1.82) is 0 Å². The second-order valence-electron chi connectivity index (χ2n) is 6.90. The molecule has 25 heavy (non-hydrogen) atoms. The van der Waals surface area contributed by atoms with Crippen LogP contribution in [0.5, 0.6) is 0 Å². The van der Waals surface area contributed by atoms with Crippen molar-refractivity contribution in [2.24, 2.45) is 5.92 Å². The second kappa shape index (κ2) is 9.01. The molecule has 0 radical (unpaired) electrons. The third-order valence-corrected chi connectivity index (χ3v) is 7.41. The number of carbonyl (C=O) groups excluding carboxylic acids is 1. The average molecular weight is 387 g/mol. The molecule has 2 aliphatic rings. The summed E-state index contributed by atoms with van der Waals surface area (Å²) in [4.78, 5) is 12.6. The molecule has 1 saturated heterocycles. The van der Waals surface area contributed by atoms with Crippen molar-refractivity contribution in [3.05, 3.63) is 29.8 Å². The van der Waals surface area contributed by atoms with Gasteiger partial charge in [-0.15, -0.1) is 12.4 Å². The lowest BCUT2D eigenvalue weighted by Crippen LogP contribution is -2.38. The van der Waals surface area contributed by atoms with Gasteiger partial charge < -0.3 is 10.6 Å². The Bertz CT molecular complexity index is 664. The predicted octanol–water partition coefficient (Wildman–Crippen LogP) is 2.55. The number of carbonyl (C=O) groups is 1. The summed E-state index contributed by atoms with van der Waals surface area (Å²) in [5, 5.41) is 6.03. The van der Waals surface area contributed by atoms with Crippen LogP contribution in [0.4, 0.5) is 0 Å². The SMILES string of the molecule is Cl.O=C(NCC1CCCNC1)c1ccc(S(=O)(=O)C2CCCC2)cc1. The van der Waals surface area contributed by atoms with E-state index in [0.29, 0.717) is 22.9 Å². The van der Waals surface area contributed by atoms with Gasteiger partial charge in [-0.05, 0) is 69.0 Å². The zero-order valence-corrected chi connectivity index (χ0v) is 16.0. The van der Waals surface area contributed by atoms with Gasteiger partial charge in [0.1, 0.15) is 0 Å². The lowest BCUT2D eigenvalue weighted by Gasteiger charge is -2.22. The summed E-state index contributed by atoms with van der Waals surface area (Å²) in [7, 11) is -3.25. The van der Waals surface area contributed by atoms with Gasteiger partial charge in [0.05, 0.1) is 10.1 Å². The normalized spacial score (nSPS) is 21.5. The summed E-state index contributed by atoms with van der Waals surface area (Å²) >= 11 is 0. The van der Waals surface area contributed by atoms with Crippen LogP contribution in [0.2, 0.25) is 0 Å². The number of hydrogen-bond acceptors (Lipinski definition) is 4. The van der Waals surface area contributed by atoms with Crippen molar-refractivity contribution in [3.63, 3.8) is 0 Å². The van der Waals surface area contributed by atoms with Gasteiger partial charge >= 0.3 is 0 Å². The summed E-state index contributed by atoms with van der Waals surface area (Å²) in [5.74, 6) is 0.343. The standard InChI is InChI=1S/C18H26N2O3S.ClH/c21-18(20-13-14-4-3-11-19-12-14)15-7-9-17(10-8-15)24(22,23)16-5-1-2-6-16;/h7-10,14,16,19H,1-6,11-13H2,(H,20,21);1H. The lowest BCUT2D eigenvalue weighted by molar-refractivity contribution is 0.0944. The Morgan fingerprint density at radius 3 is 2.36 bits per heavy atom. The summed E-state index contributed by atoms with van der Waals surface area (Å²) in [5.41, 5.74) is 0.518. The third-order valence-electron chi connectivity index (χ3n) is 5.14. The highest BCUT2D eigenvalue weighted by Gasteiger charge is 2.30. The predicted molar refractivity (Wildman–Crippen MR) is 101 cm³/mol. The topological polar surface area (TPSA) is 75.3 Å². The van der Waals surface area contributed by atoms with Gasteiger partial charge in [-0.1, -0.05) is 12.8 Å². The van der Waals surface area contributed by atoms with Crippen molar-refractivity contribution >= 4 is 28.2 Å². The molecule has 1 aliphatic carbocycles. The molecule has 1 heterocycles. The minimum Gasteiger partial charge on any atom is -0.352 e. The first kappa shape index (κ1) is 20.2. The number of halogens is 1. The second-order valence-corrected chi connectivity index (χ2v) is 9.13. The van der Waals surface area contributed by atoms with Crippen LogP contribution in [0.25, 0.3) is 0 Å². The molecule has 1 unspecified atom stereocenters. The molecular weight excluding hydrogens is 360 g/mol. The van der Waals surface area contributed by atoms with E-state index in [1.54, 1.807) is 24.3 Å². The Kier molecular flexibility index (Phi) is 7.28. The van der Waals surface area contributed by atoms with Gasteiger partial charge in [-0.2, -0.15) is 0 Å². The van der Waals surface area contributed by atoms with Crippen LogP contribution < -0.4 is 10.6 Å². The molecule has 1 aromatic rings. The molecule has 140 valence electrons. The van der Waals surface area contributed by atoms with Gasteiger partial charge in [0.2, 0.25) is 0 Å². The first-order valence-electron chi connectivity index (χ1n) is 8.90. The van der Waals surface area contributed by atoms with Gasteiger partial charge in [-0.25, -0.2) is 8.42 Å². The highest BCUT2D eigenvalue weighted by molar-refractivity contribution is 7.92. The van der Waals surface area contributed by atoms with Crippen LogP contribution in [-0.4, -0.2) is 39.2 Å². The first-order valence-corrected chi connectivity index (χ1v) is 10.4. The average Bonchev–Trinajstić information content (AvgIpc) is 3.16. The number of sulfone groups is 1. The van der Waals surface area contributed by atoms with Crippen LogP contribution >= 0.6 is 12.4 Å². The van der Waals surface area contributed by atoms with E-state index in [4.69, 9.17) is 0 Å². The quantitative estimate of drug-likeness (QED) is 0.815. The molecule has 1 aromatic carbocycles. The Morgan fingerprint density at radius 1 is 1.08 bits per heavy atom. The van der Waals surface area contributed by atoms with Crippen LogP contribution in [0.3, 0.4) is 0 Å². The molecule has 1 amide bonds. The van der Waals surface area contributed by atoms with Crippen LogP contribution in [-0.2, 0) is 9.84 Å². The zero-order chi connectivity index (χ0) is 17.0. The number of rotatable bonds is 5. The van der Waals surface area contributed by atoms with E-state index in [1.165, 1.54) is 0 Å². The van der Waals surface area contributed by atoms with Crippen molar-refractivity contribution in [3.8, 4) is 0 Å². The molecule has 2 N–H and O–H groups in total. The maximum atomic E-state index is 12.5. The molecule has 0 aromatic heterocycles. The molecule has 5 nitrogen and oxygen atoms in total. The van der Waals surface area contributed by atoms with E-state index in [9.17, 15) is 13.2 Å². The van der Waals surface area contributed by atoms with Crippen molar-refractivity contribution in [2.75, 3.05) is 19.6 Å². The molecular formula is C18H27ClN2O3S. The van der Waals surface area contributed by atoms with Crippen molar-refractivity contribution in [1.82, 2.24) is 10.6 Å². The molecule has 7 heteroatoms. The molecule has 1 aliphatic heterocycles. The summed E-state index contributed by atoms with van der Waals surface area (Å²) < 4.78 is 25.1. The van der Waals surface area contributed by atoms with Crippen LogP contribution in [0, 0.1) is 5.92 Å². The fourth-order valence-electron chi connectivity index (χ4n) is 3.62. The van der Waals surface area contributed by atoms with Gasteiger partial charge in [0.25, 0.3) is 5.91 Å². The third kappa shape index (κ3) is 4.96. The lowest BCUT2D eigenvalue weighted by atomic mass is 10.00. The van der Waals surface area contributed by atoms with E-state index in [0.717, 1.165) is 51.6 Å². The Hall–Kier alpha value is -1.11. The van der Waals surface area contributed by atoms with Crippen molar-refractivity contribution in [2.45, 2.75) is 48.7 Å². The number of benzene rings is 1. The van der Waals surface area contributed by atoms with E-state index in [1.807, 2.05) is 0 Å². The van der Waals surface area contributed by atoms with Crippen molar-refractivity contribution < 1.29 is 13.2 Å². The van der Waals surface area contributed by atoms with Crippen LogP contribution in [0.1, 0.15) is 48.9 Å². The molecule has 2 fully saturated rings. The summed E-state index contributed by atoms with van der Waals surface area (Å²) in [6, 6.07) is 6.39. The van der Waals surface area contributed by atoms with E-state index in [-0.39, 0.29) is 23.6 Å². The van der Waals surface area contributed by atoms with E-state index < -0.39 is 9.84 Å². The zero-order valence-electron chi connectivity index (χ0n) is 14.4. The van der Waals surface area contributed by atoms with Crippen LogP contribution in [0.15, 0.2) is 29.2 Å². The highest BCUT2D eigenvalue weighted by atomic mass is 35.5. The molecule has 3 rings (SSSR count). The van der Waals surface area contributed by atoms with Gasteiger partial charge in [-0.3, -0.25) is 4.79 Å². The van der Waals surface area contributed by atoms with E-state index in [2.05, 4.69) is 10.6 Å². The molecule has 0 bridgehead atoms. The summed E-state index contributed by atoms with van der Waals surface area (Å²) in [6.07, 6.45) is 5.75. The Morgan fingerprint density at radius 2 is 1.76 bits per heavy atom. The largest absolute Gasteiger partial charge is 0.352 e. The van der Waals surface area contributed by atoms with Gasteiger partial charge in [0.15, 0.2) is 9.84 Å². The van der Waals surface area contributed by atoms with Gasteiger partial charge in [0, 0.05) is 12.1 Å². The summed E-state index contributed by atoms with van der Waals surface area (Å²) in [6.45, 7) is 2.66. The minimum absolute atomic E-state index is 0. The number of hydrogen-bond donors (Lipinski definition) is 2. The highest BCUT2D eigenvalue weighted by Crippen LogP contribution is 2.29. The maximum absolute atomic E-state index is 12.5. The van der Waals surface area contributed by atoms with E-state index >= 15 is 0 Å². The number of piperidine rings is 1. The maximum Gasteiger partial charge on any atom is 0.251 e. The Balaban J connectivity index is 0.00000225. The first-order chi connectivity index (χ1) is 11.6. The smallest absolute Gasteiger partial charge is 0.251 e. The molecule has 1 saturated carbocycles. The number of amides is 1. The molecule has 0 spiro atoms.